The van der Waals surface area contributed by atoms with Gasteiger partial charge >= 0.3 is 0 Å². The van der Waals surface area contributed by atoms with Gasteiger partial charge in [-0.05, 0) is 37.0 Å². The summed E-state index contributed by atoms with van der Waals surface area (Å²) in [6.07, 6.45) is 3.77. The van der Waals surface area contributed by atoms with Gasteiger partial charge in [-0.15, -0.1) is 12.4 Å². The molecule has 2 heterocycles. The van der Waals surface area contributed by atoms with Gasteiger partial charge in [0.25, 0.3) is 5.89 Å². The van der Waals surface area contributed by atoms with Gasteiger partial charge in [0.05, 0.1) is 5.56 Å². The SMILES string of the molecule is Cl.NCc1ccc(-c2noc(-c3ccccc3N3CCCCC3)n2)cc1. The van der Waals surface area contributed by atoms with E-state index in [-0.39, 0.29) is 12.4 Å². The van der Waals surface area contributed by atoms with Crippen LogP contribution in [0.4, 0.5) is 5.69 Å². The Bertz CT molecular complexity index is 841. The number of benzene rings is 2. The zero-order valence-corrected chi connectivity index (χ0v) is 15.4. The molecule has 0 aliphatic carbocycles. The van der Waals surface area contributed by atoms with Crippen molar-refractivity contribution in [1.29, 1.82) is 0 Å². The van der Waals surface area contributed by atoms with E-state index < -0.39 is 0 Å². The van der Waals surface area contributed by atoms with Gasteiger partial charge in [0.2, 0.25) is 5.82 Å². The highest BCUT2D eigenvalue weighted by molar-refractivity contribution is 5.85. The topological polar surface area (TPSA) is 68.2 Å². The molecule has 136 valence electrons. The highest BCUT2D eigenvalue weighted by Crippen LogP contribution is 2.32. The van der Waals surface area contributed by atoms with E-state index in [4.69, 9.17) is 10.3 Å². The van der Waals surface area contributed by atoms with Crippen molar-refractivity contribution in [3.05, 3.63) is 54.1 Å². The fourth-order valence-electron chi connectivity index (χ4n) is 3.31. The minimum Gasteiger partial charge on any atom is -0.371 e. The summed E-state index contributed by atoms with van der Waals surface area (Å²) < 4.78 is 5.58. The number of aromatic nitrogens is 2. The van der Waals surface area contributed by atoms with Gasteiger partial charge in [-0.2, -0.15) is 4.98 Å². The lowest BCUT2D eigenvalue weighted by atomic mass is 10.1. The molecule has 1 fully saturated rings. The molecule has 1 aromatic heterocycles. The van der Waals surface area contributed by atoms with Crippen molar-refractivity contribution in [1.82, 2.24) is 10.1 Å². The Balaban J connectivity index is 0.00000196. The van der Waals surface area contributed by atoms with Gasteiger partial charge in [0.15, 0.2) is 0 Å². The number of halogens is 1. The first kappa shape index (κ1) is 18.4. The van der Waals surface area contributed by atoms with Crippen molar-refractivity contribution in [3.63, 3.8) is 0 Å². The zero-order valence-electron chi connectivity index (χ0n) is 14.6. The predicted octanol–water partition coefficient (Wildman–Crippen LogP) is 4.27. The Morgan fingerprint density at radius 3 is 2.42 bits per heavy atom. The lowest BCUT2D eigenvalue weighted by Crippen LogP contribution is -2.29. The number of hydrogen-bond donors (Lipinski definition) is 1. The summed E-state index contributed by atoms with van der Waals surface area (Å²) in [5.41, 5.74) is 9.85. The fraction of sp³-hybridized carbons (Fsp3) is 0.300. The highest BCUT2D eigenvalue weighted by atomic mass is 35.5. The predicted molar refractivity (Wildman–Crippen MR) is 106 cm³/mol. The van der Waals surface area contributed by atoms with Crippen LogP contribution in [-0.2, 0) is 6.54 Å². The van der Waals surface area contributed by atoms with Crippen LogP contribution in [0.3, 0.4) is 0 Å². The highest BCUT2D eigenvalue weighted by Gasteiger charge is 2.19. The van der Waals surface area contributed by atoms with Crippen molar-refractivity contribution >= 4 is 18.1 Å². The van der Waals surface area contributed by atoms with Gasteiger partial charge in [0.1, 0.15) is 0 Å². The van der Waals surface area contributed by atoms with Gasteiger partial charge in [-0.3, -0.25) is 0 Å². The van der Waals surface area contributed by atoms with E-state index in [9.17, 15) is 0 Å². The van der Waals surface area contributed by atoms with E-state index >= 15 is 0 Å². The van der Waals surface area contributed by atoms with E-state index in [0.717, 1.165) is 29.8 Å². The van der Waals surface area contributed by atoms with Crippen molar-refractivity contribution in [2.75, 3.05) is 18.0 Å². The molecule has 26 heavy (non-hydrogen) atoms. The first-order valence-corrected chi connectivity index (χ1v) is 8.82. The molecule has 1 saturated heterocycles. The largest absolute Gasteiger partial charge is 0.371 e. The van der Waals surface area contributed by atoms with Crippen molar-refractivity contribution in [2.45, 2.75) is 25.8 Å². The molecule has 0 saturated carbocycles. The Morgan fingerprint density at radius 2 is 1.69 bits per heavy atom. The summed E-state index contributed by atoms with van der Waals surface area (Å²) in [5, 5.41) is 4.17. The third-order valence-electron chi connectivity index (χ3n) is 4.71. The molecule has 0 atom stereocenters. The number of rotatable bonds is 4. The molecule has 2 aromatic carbocycles. The van der Waals surface area contributed by atoms with Crippen LogP contribution in [0.1, 0.15) is 24.8 Å². The summed E-state index contributed by atoms with van der Waals surface area (Å²) in [4.78, 5) is 7.04. The molecule has 0 radical (unpaired) electrons. The fourth-order valence-corrected chi connectivity index (χ4v) is 3.31. The van der Waals surface area contributed by atoms with Gasteiger partial charge in [-0.25, -0.2) is 0 Å². The van der Waals surface area contributed by atoms with E-state index in [2.05, 4.69) is 33.2 Å². The third kappa shape index (κ3) is 3.74. The average molecular weight is 371 g/mol. The molecule has 0 bridgehead atoms. The summed E-state index contributed by atoms with van der Waals surface area (Å²) in [7, 11) is 0. The average Bonchev–Trinajstić information content (AvgIpc) is 3.19. The summed E-state index contributed by atoms with van der Waals surface area (Å²) in [6, 6.07) is 16.2. The minimum atomic E-state index is 0. The second-order valence-corrected chi connectivity index (χ2v) is 6.39. The number of hydrogen-bond acceptors (Lipinski definition) is 5. The molecular weight excluding hydrogens is 348 g/mol. The molecule has 1 aliphatic heterocycles. The van der Waals surface area contributed by atoms with Crippen LogP contribution in [0.15, 0.2) is 53.1 Å². The molecule has 0 spiro atoms. The lowest BCUT2D eigenvalue weighted by Gasteiger charge is -2.29. The maximum Gasteiger partial charge on any atom is 0.260 e. The lowest BCUT2D eigenvalue weighted by molar-refractivity contribution is 0.432. The van der Waals surface area contributed by atoms with Crippen LogP contribution in [0.5, 0.6) is 0 Å². The maximum absolute atomic E-state index is 5.65. The molecule has 3 aromatic rings. The molecule has 0 unspecified atom stereocenters. The minimum absolute atomic E-state index is 0. The van der Waals surface area contributed by atoms with Crippen LogP contribution >= 0.6 is 12.4 Å². The van der Waals surface area contributed by atoms with Crippen LogP contribution in [0.2, 0.25) is 0 Å². The first-order chi connectivity index (χ1) is 12.3. The van der Waals surface area contributed by atoms with Gasteiger partial charge in [0, 0.05) is 30.9 Å². The smallest absolute Gasteiger partial charge is 0.260 e. The Labute approximate surface area is 159 Å². The molecular formula is C20H23ClN4O. The monoisotopic (exact) mass is 370 g/mol. The van der Waals surface area contributed by atoms with Crippen molar-refractivity contribution < 1.29 is 4.52 Å². The van der Waals surface area contributed by atoms with Crippen LogP contribution < -0.4 is 10.6 Å². The summed E-state index contributed by atoms with van der Waals surface area (Å²) >= 11 is 0. The second-order valence-electron chi connectivity index (χ2n) is 6.39. The number of nitrogens with two attached hydrogens (primary N) is 1. The normalized spacial score (nSPS) is 14.1. The van der Waals surface area contributed by atoms with E-state index in [1.165, 1.54) is 24.9 Å². The second kappa shape index (κ2) is 8.34. The maximum atomic E-state index is 5.65. The van der Waals surface area contributed by atoms with E-state index in [1.807, 2.05) is 30.3 Å². The summed E-state index contributed by atoms with van der Waals surface area (Å²) in [5.74, 6) is 1.17. The van der Waals surface area contributed by atoms with Crippen molar-refractivity contribution in [2.24, 2.45) is 5.73 Å². The Hall–Kier alpha value is -2.37. The summed E-state index contributed by atoms with van der Waals surface area (Å²) in [6.45, 7) is 2.69. The van der Waals surface area contributed by atoms with Crippen molar-refractivity contribution in [3.8, 4) is 22.8 Å². The van der Waals surface area contributed by atoms with Gasteiger partial charge < -0.3 is 15.2 Å². The standard InChI is InChI=1S/C20H22N4O.ClH/c21-14-15-8-10-16(11-9-15)19-22-20(25-23-19)17-6-2-3-7-18(17)24-12-4-1-5-13-24;/h2-3,6-11H,1,4-5,12-14,21H2;1H. The molecule has 0 amide bonds. The third-order valence-corrected chi connectivity index (χ3v) is 4.71. The number of para-hydroxylation sites is 1. The molecule has 2 N–H and O–H groups in total. The van der Waals surface area contributed by atoms with Crippen LogP contribution in [-0.4, -0.2) is 23.2 Å². The van der Waals surface area contributed by atoms with Crippen LogP contribution in [0.25, 0.3) is 22.8 Å². The molecule has 6 heteroatoms. The Morgan fingerprint density at radius 1 is 0.962 bits per heavy atom. The molecule has 4 rings (SSSR count). The number of nitrogens with zero attached hydrogens (tertiary/aromatic N) is 3. The van der Waals surface area contributed by atoms with E-state index in [1.54, 1.807) is 0 Å². The van der Waals surface area contributed by atoms with Gasteiger partial charge in [-0.1, -0.05) is 41.6 Å². The Kier molecular flexibility index (Phi) is 5.91. The number of anilines is 1. The van der Waals surface area contributed by atoms with E-state index in [0.29, 0.717) is 18.3 Å². The van der Waals surface area contributed by atoms with Crippen LogP contribution in [0, 0.1) is 0 Å². The molecule has 1 aliphatic rings. The zero-order chi connectivity index (χ0) is 17.1. The first-order valence-electron chi connectivity index (χ1n) is 8.82. The molecule has 5 nitrogen and oxygen atoms in total. The quantitative estimate of drug-likeness (QED) is 0.742. The number of piperidine rings is 1.